The average molecular weight is 311 g/mol. The summed E-state index contributed by atoms with van der Waals surface area (Å²) < 4.78 is 12.3. The highest BCUT2D eigenvalue weighted by atomic mass is 32.2. The first kappa shape index (κ1) is 17.4. The highest BCUT2D eigenvalue weighted by Crippen LogP contribution is 2.13. The lowest BCUT2D eigenvalue weighted by molar-refractivity contribution is -0.136. The van der Waals surface area contributed by atoms with E-state index in [0.29, 0.717) is 17.0 Å². The quantitative estimate of drug-likeness (QED) is 0.716. The predicted octanol–water partition coefficient (Wildman–Crippen LogP) is 1.73. The Balaban J connectivity index is 2.65. The number of carbonyl (C=O) groups excluding carboxylic acids is 1. The van der Waals surface area contributed by atoms with Gasteiger partial charge in [0.15, 0.2) is 0 Å². The van der Waals surface area contributed by atoms with Crippen LogP contribution in [0.15, 0.2) is 29.2 Å². The summed E-state index contributed by atoms with van der Waals surface area (Å²) in [6.45, 7) is 4.25. The van der Waals surface area contributed by atoms with Crippen LogP contribution >= 0.6 is 0 Å². The average Bonchev–Trinajstić information content (AvgIpc) is 2.46. The number of benzene rings is 1. The van der Waals surface area contributed by atoms with Crippen LogP contribution in [0.1, 0.15) is 32.3 Å². The second-order valence-corrected chi connectivity index (χ2v) is 6.57. The Morgan fingerprint density at radius 3 is 2.43 bits per heavy atom. The molecule has 0 radical (unpaired) electrons. The normalized spacial score (nSPS) is 13.4. The maximum Gasteiger partial charge on any atom is 0.307 e. The van der Waals surface area contributed by atoms with Gasteiger partial charge in [-0.2, -0.15) is 0 Å². The summed E-state index contributed by atoms with van der Waals surface area (Å²) >= 11 is 0. The van der Waals surface area contributed by atoms with Crippen molar-refractivity contribution in [1.29, 1.82) is 0 Å². The number of amides is 1. The molecule has 0 aliphatic rings. The van der Waals surface area contributed by atoms with Crippen LogP contribution in [-0.4, -0.2) is 33.0 Å². The van der Waals surface area contributed by atoms with Gasteiger partial charge < -0.3 is 10.4 Å². The highest BCUT2D eigenvalue weighted by molar-refractivity contribution is 7.86. The van der Waals surface area contributed by atoms with Crippen molar-refractivity contribution in [2.75, 3.05) is 6.54 Å². The topological polar surface area (TPSA) is 83.5 Å². The Labute approximate surface area is 127 Å². The third-order valence-electron chi connectivity index (χ3n) is 3.03. The van der Waals surface area contributed by atoms with Crippen LogP contribution in [0.4, 0.5) is 0 Å². The molecule has 1 rings (SSSR count). The Bertz CT molecular complexity index is 513. The summed E-state index contributed by atoms with van der Waals surface area (Å²) in [5, 5.41) is 10.8. The van der Waals surface area contributed by atoms with Crippen LogP contribution in [0.2, 0.25) is 0 Å². The Morgan fingerprint density at radius 2 is 1.90 bits per heavy atom. The molecule has 0 aliphatic heterocycles. The molecule has 0 spiro atoms. The molecule has 0 fully saturated rings. The first-order chi connectivity index (χ1) is 9.95. The fourth-order valence-electron chi connectivity index (χ4n) is 1.75. The van der Waals surface area contributed by atoms with Crippen LogP contribution in [0.3, 0.4) is 0 Å². The van der Waals surface area contributed by atoms with Gasteiger partial charge in [-0.15, -0.1) is 0 Å². The number of carbonyl (C=O) groups is 2. The number of carboxylic acid groups (broad SMARTS) is 1. The first-order valence-corrected chi connectivity index (χ1v) is 8.16. The molecule has 6 heteroatoms. The van der Waals surface area contributed by atoms with Gasteiger partial charge in [0.2, 0.25) is 5.91 Å². The molecule has 2 atom stereocenters. The fourth-order valence-corrected chi connectivity index (χ4v) is 2.84. The molecular formula is C15H21NO4S. The SMILES string of the molecule is CCCCNC(=O)C(C)S(=O)c1ccc(CC(=O)O)cc1. The van der Waals surface area contributed by atoms with E-state index in [-0.39, 0.29) is 12.3 Å². The maximum atomic E-state index is 12.3. The first-order valence-electron chi connectivity index (χ1n) is 6.94. The minimum Gasteiger partial charge on any atom is -0.481 e. The molecular weight excluding hydrogens is 290 g/mol. The monoisotopic (exact) mass is 311 g/mol. The van der Waals surface area contributed by atoms with Crippen molar-refractivity contribution >= 4 is 22.7 Å². The molecule has 21 heavy (non-hydrogen) atoms. The molecule has 5 nitrogen and oxygen atoms in total. The molecule has 0 bridgehead atoms. The highest BCUT2D eigenvalue weighted by Gasteiger charge is 2.21. The van der Waals surface area contributed by atoms with E-state index in [0.717, 1.165) is 12.8 Å². The van der Waals surface area contributed by atoms with Crippen molar-refractivity contribution in [2.24, 2.45) is 0 Å². The molecule has 2 N–H and O–H groups in total. The zero-order valence-electron chi connectivity index (χ0n) is 12.3. The van der Waals surface area contributed by atoms with Crippen molar-refractivity contribution in [3.63, 3.8) is 0 Å². The minimum atomic E-state index is -1.44. The van der Waals surface area contributed by atoms with Gasteiger partial charge in [-0.05, 0) is 31.0 Å². The molecule has 0 aromatic heterocycles. The van der Waals surface area contributed by atoms with Crippen LogP contribution in [-0.2, 0) is 26.8 Å². The summed E-state index contributed by atoms with van der Waals surface area (Å²) in [5.74, 6) is -1.14. The van der Waals surface area contributed by atoms with Crippen LogP contribution in [0.25, 0.3) is 0 Å². The summed E-state index contributed by atoms with van der Waals surface area (Å²) in [6, 6.07) is 6.49. The van der Waals surface area contributed by atoms with Crippen molar-refractivity contribution in [2.45, 2.75) is 43.3 Å². The van der Waals surface area contributed by atoms with E-state index >= 15 is 0 Å². The molecule has 1 aromatic carbocycles. The van der Waals surface area contributed by atoms with E-state index in [4.69, 9.17) is 5.11 Å². The van der Waals surface area contributed by atoms with Crippen LogP contribution < -0.4 is 5.32 Å². The van der Waals surface area contributed by atoms with E-state index < -0.39 is 22.0 Å². The molecule has 116 valence electrons. The van der Waals surface area contributed by atoms with E-state index in [1.807, 2.05) is 6.92 Å². The lowest BCUT2D eigenvalue weighted by Gasteiger charge is -2.12. The molecule has 0 saturated heterocycles. The summed E-state index contributed by atoms with van der Waals surface area (Å²) in [5.41, 5.74) is 0.642. The van der Waals surface area contributed by atoms with Gasteiger partial charge in [0, 0.05) is 11.4 Å². The number of unbranched alkanes of at least 4 members (excludes halogenated alkanes) is 1. The number of aliphatic carboxylic acids is 1. The number of carboxylic acids is 1. The minimum absolute atomic E-state index is 0.0695. The van der Waals surface area contributed by atoms with Gasteiger partial charge in [-0.25, -0.2) is 0 Å². The molecule has 0 heterocycles. The number of rotatable bonds is 8. The number of nitrogens with one attached hydrogen (secondary N) is 1. The second-order valence-electron chi connectivity index (χ2n) is 4.80. The predicted molar refractivity (Wildman–Crippen MR) is 81.6 cm³/mol. The molecule has 1 aromatic rings. The van der Waals surface area contributed by atoms with Crippen molar-refractivity contribution in [3.05, 3.63) is 29.8 Å². The second kappa shape index (κ2) is 8.56. The van der Waals surface area contributed by atoms with E-state index in [2.05, 4.69) is 5.32 Å². The Hall–Kier alpha value is -1.69. The van der Waals surface area contributed by atoms with E-state index in [1.165, 1.54) is 0 Å². The van der Waals surface area contributed by atoms with Crippen LogP contribution in [0, 0.1) is 0 Å². The largest absolute Gasteiger partial charge is 0.481 e. The maximum absolute atomic E-state index is 12.3. The van der Waals surface area contributed by atoms with Crippen molar-refractivity contribution in [3.8, 4) is 0 Å². The molecule has 0 aliphatic carbocycles. The fraction of sp³-hybridized carbons (Fsp3) is 0.467. The third kappa shape index (κ3) is 5.67. The summed E-state index contributed by atoms with van der Waals surface area (Å²) in [6.07, 6.45) is 1.82. The molecule has 1 amide bonds. The Kier molecular flexibility index (Phi) is 7.08. The summed E-state index contributed by atoms with van der Waals surface area (Å²) in [7, 11) is -1.44. The standard InChI is InChI=1S/C15H21NO4S/c1-3-4-9-16-15(19)11(2)21(20)13-7-5-12(6-8-13)10-14(17)18/h5-8,11H,3-4,9-10H2,1-2H3,(H,16,19)(H,17,18). The van der Waals surface area contributed by atoms with Gasteiger partial charge in [0.25, 0.3) is 0 Å². The zero-order valence-corrected chi connectivity index (χ0v) is 13.1. The van der Waals surface area contributed by atoms with Gasteiger partial charge in [0.05, 0.1) is 17.2 Å². The van der Waals surface area contributed by atoms with Crippen LogP contribution in [0.5, 0.6) is 0 Å². The third-order valence-corrected chi connectivity index (χ3v) is 4.62. The van der Waals surface area contributed by atoms with Gasteiger partial charge in [0.1, 0.15) is 5.25 Å². The van der Waals surface area contributed by atoms with Crippen molar-refractivity contribution in [1.82, 2.24) is 5.32 Å². The van der Waals surface area contributed by atoms with Gasteiger partial charge in [-0.1, -0.05) is 25.5 Å². The zero-order chi connectivity index (χ0) is 15.8. The lowest BCUT2D eigenvalue weighted by atomic mass is 10.2. The molecule has 2 unspecified atom stereocenters. The van der Waals surface area contributed by atoms with Gasteiger partial charge in [-0.3, -0.25) is 13.8 Å². The number of hydrogen-bond acceptors (Lipinski definition) is 3. The van der Waals surface area contributed by atoms with E-state index in [1.54, 1.807) is 31.2 Å². The van der Waals surface area contributed by atoms with E-state index in [9.17, 15) is 13.8 Å². The smallest absolute Gasteiger partial charge is 0.307 e. The van der Waals surface area contributed by atoms with Gasteiger partial charge >= 0.3 is 5.97 Å². The Morgan fingerprint density at radius 1 is 1.29 bits per heavy atom. The van der Waals surface area contributed by atoms with Crippen molar-refractivity contribution < 1.29 is 18.9 Å². The number of hydrogen-bond donors (Lipinski definition) is 2. The lowest BCUT2D eigenvalue weighted by Crippen LogP contribution is -2.35. The summed E-state index contributed by atoms with van der Waals surface area (Å²) in [4.78, 5) is 23.0. The molecule has 0 saturated carbocycles.